The molecule has 2 aromatic rings. The van der Waals surface area contributed by atoms with E-state index in [1.165, 1.54) is 11.1 Å². The lowest BCUT2D eigenvalue weighted by Crippen LogP contribution is -1.85. The molecule has 1 heteroatoms. The van der Waals surface area contributed by atoms with E-state index in [0.717, 1.165) is 24.3 Å². The Bertz CT molecular complexity index is 486. The van der Waals surface area contributed by atoms with Gasteiger partial charge in [0.05, 0.1) is 0 Å². The number of aryl methyl sites for hydroxylation is 1. The predicted octanol–water partition coefficient (Wildman–Crippen LogP) is 5.29. The van der Waals surface area contributed by atoms with Gasteiger partial charge in [-0.15, -0.1) is 0 Å². The average molecular weight is 257 g/mol. The van der Waals surface area contributed by atoms with Crippen LogP contribution in [0.5, 0.6) is 0 Å². The molecule has 0 amide bonds. The van der Waals surface area contributed by atoms with E-state index in [1.807, 2.05) is 30.3 Å². The average Bonchev–Trinajstić information content (AvgIpc) is 2.41. The van der Waals surface area contributed by atoms with Crippen LogP contribution in [0.2, 0.25) is 0 Å². The molecule has 2 aromatic carbocycles. The van der Waals surface area contributed by atoms with E-state index >= 15 is 0 Å². The molecule has 0 aliphatic carbocycles. The minimum atomic E-state index is 0.928. The second-order valence-electron chi connectivity index (χ2n) is 4.34. The van der Waals surface area contributed by atoms with Gasteiger partial charge in [-0.25, -0.2) is 0 Å². The zero-order valence-corrected chi connectivity index (χ0v) is 11.1. The summed E-state index contributed by atoms with van der Waals surface area (Å²) in [6.45, 7) is 0. The van der Waals surface area contributed by atoms with Crippen molar-refractivity contribution in [3.63, 3.8) is 0 Å². The van der Waals surface area contributed by atoms with Gasteiger partial charge in [-0.1, -0.05) is 72.3 Å². The highest BCUT2D eigenvalue weighted by Gasteiger charge is 1.96. The number of halogens is 1. The highest BCUT2D eigenvalue weighted by Crippen LogP contribution is 2.17. The topological polar surface area (TPSA) is 0 Å². The Balaban J connectivity index is 1.82. The highest BCUT2D eigenvalue weighted by atomic mass is 35.5. The van der Waals surface area contributed by atoms with Crippen LogP contribution in [0.4, 0.5) is 0 Å². The van der Waals surface area contributed by atoms with Crippen LogP contribution in [0, 0.1) is 0 Å². The van der Waals surface area contributed by atoms with E-state index in [-0.39, 0.29) is 0 Å². The molecule has 2 rings (SSSR count). The molecule has 0 spiro atoms. The molecule has 0 aliphatic rings. The van der Waals surface area contributed by atoms with Gasteiger partial charge in [0.1, 0.15) is 0 Å². The first-order valence-electron chi connectivity index (χ1n) is 6.29. The second kappa shape index (κ2) is 7.03. The standard InChI is InChI=1S/C17H17Cl/c18-17(14-16-10-5-2-6-11-16)13-7-12-15-8-3-1-4-9-15/h1-6,8-11,14H,7,12-13H2/b17-14-. The smallest absolute Gasteiger partial charge is 0.0187 e. The van der Waals surface area contributed by atoms with Crippen LogP contribution in [0.1, 0.15) is 24.0 Å². The summed E-state index contributed by atoms with van der Waals surface area (Å²) in [5, 5.41) is 0.928. The maximum atomic E-state index is 6.24. The molecule has 0 saturated carbocycles. The number of hydrogen-bond acceptors (Lipinski definition) is 0. The fraction of sp³-hybridized carbons (Fsp3) is 0.176. The molecule has 0 N–H and O–H groups in total. The largest absolute Gasteiger partial charge is 0.0891 e. The summed E-state index contributed by atoms with van der Waals surface area (Å²) in [6.07, 6.45) is 5.16. The third-order valence-corrected chi connectivity index (χ3v) is 3.14. The van der Waals surface area contributed by atoms with E-state index in [4.69, 9.17) is 11.6 Å². The predicted molar refractivity (Wildman–Crippen MR) is 79.7 cm³/mol. The van der Waals surface area contributed by atoms with Crippen LogP contribution < -0.4 is 0 Å². The molecular formula is C17H17Cl. The molecule has 0 unspecified atom stereocenters. The molecule has 0 bridgehead atoms. The lowest BCUT2D eigenvalue weighted by molar-refractivity contribution is 0.837. The Morgan fingerprint density at radius 1 is 0.889 bits per heavy atom. The van der Waals surface area contributed by atoms with Crippen molar-refractivity contribution in [2.24, 2.45) is 0 Å². The van der Waals surface area contributed by atoms with E-state index in [9.17, 15) is 0 Å². The first kappa shape index (κ1) is 12.9. The Morgan fingerprint density at radius 3 is 2.17 bits per heavy atom. The molecule has 92 valence electrons. The zero-order valence-electron chi connectivity index (χ0n) is 10.4. The molecule has 18 heavy (non-hydrogen) atoms. The van der Waals surface area contributed by atoms with Crippen molar-refractivity contribution in [1.29, 1.82) is 0 Å². The minimum absolute atomic E-state index is 0.928. The summed E-state index contributed by atoms with van der Waals surface area (Å²) in [5.41, 5.74) is 2.55. The van der Waals surface area contributed by atoms with Crippen molar-refractivity contribution < 1.29 is 0 Å². The quantitative estimate of drug-likeness (QED) is 0.682. The molecule has 0 nitrogen and oxygen atoms in total. The lowest BCUT2D eigenvalue weighted by atomic mass is 10.1. The van der Waals surface area contributed by atoms with Crippen molar-refractivity contribution in [2.45, 2.75) is 19.3 Å². The van der Waals surface area contributed by atoms with Crippen molar-refractivity contribution in [1.82, 2.24) is 0 Å². The monoisotopic (exact) mass is 256 g/mol. The molecular weight excluding hydrogens is 240 g/mol. The van der Waals surface area contributed by atoms with E-state index < -0.39 is 0 Å². The van der Waals surface area contributed by atoms with E-state index in [2.05, 4.69) is 36.4 Å². The van der Waals surface area contributed by atoms with Crippen molar-refractivity contribution in [2.75, 3.05) is 0 Å². The van der Waals surface area contributed by atoms with Gasteiger partial charge in [0.25, 0.3) is 0 Å². The van der Waals surface area contributed by atoms with Crippen molar-refractivity contribution >= 4 is 17.7 Å². The van der Waals surface area contributed by atoms with Gasteiger partial charge >= 0.3 is 0 Å². The summed E-state index contributed by atoms with van der Waals surface area (Å²) in [7, 11) is 0. The fourth-order valence-electron chi connectivity index (χ4n) is 1.91. The Labute approximate surface area is 114 Å². The molecule has 0 radical (unpaired) electrons. The second-order valence-corrected chi connectivity index (χ2v) is 4.83. The third kappa shape index (κ3) is 4.38. The maximum absolute atomic E-state index is 6.24. The fourth-order valence-corrected chi connectivity index (χ4v) is 2.17. The van der Waals surface area contributed by atoms with Crippen LogP contribution in [0.3, 0.4) is 0 Å². The van der Waals surface area contributed by atoms with Crippen LogP contribution in [0.25, 0.3) is 6.08 Å². The summed E-state index contributed by atoms with van der Waals surface area (Å²) in [5.74, 6) is 0. The SMILES string of the molecule is Cl/C(=C\c1ccccc1)CCCc1ccccc1. The Hall–Kier alpha value is -1.53. The first-order chi connectivity index (χ1) is 8.84. The third-order valence-electron chi connectivity index (χ3n) is 2.85. The number of rotatable bonds is 5. The molecule has 0 aliphatic heterocycles. The van der Waals surface area contributed by atoms with Gasteiger partial charge in [0.2, 0.25) is 0 Å². The van der Waals surface area contributed by atoms with Crippen LogP contribution in [0.15, 0.2) is 65.7 Å². The minimum Gasteiger partial charge on any atom is -0.0891 e. The van der Waals surface area contributed by atoms with Gasteiger partial charge < -0.3 is 0 Å². The number of benzene rings is 2. The van der Waals surface area contributed by atoms with Gasteiger partial charge in [-0.2, -0.15) is 0 Å². The van der Waals surface area contributed by atoms with Gasteiger partial charge in [-0.05, 0) is 36.5 Å². The lowest BCUT2D eigenvalue weighted by Gasteiger charge is -2.01. The summed E-state index contributed by atoms with van der Waals surface area (Å²) in [6, 6.07) is 20.7. The maximum Gasteiger partial charge on any atom is 0.0187 e. The summed E-state index contributed by atoms with van der Waals surface area (Å²) < 4.78 is 0. The molecule has 0 atom stereocenters. The molecule has 0 aromatic heterocycles. The Kier molecular flexibility index (Phi) is 5.04. The molecule has 0 saturated heterocycles. The highest BCUT2D eigenvalue weighted by molar-refractivity contribution is 6.31. The van der Waals surface area contributed by atoms with E-state index in [0.29, 0.717) is 0 Å². The summed E-state index contributed by atoms with van der Waals surface area (Å²) in [4.78, 5) is 0. The number of hydrogen-bond donors (Lipinski definition) is 0. The van der Waals surface area contributed by atoms with Crippen LogP contribution in [-0.4, -0.2) is 0 Å². The molecule has 0 heterocycles. The van der Waals surface area contributed by atoms with Crippen molar-refractivity contribution in [3.05, 3.63) is 76.8 Å². The zero-order chi connectivity index (χ0) is 12.6. The van der Waals surface area contributed by atoms with Gasteiger partial charge in [-0.3, -0.25) is 0 Å². The van der Waals surface area contributed by atoms with Crippen molar-refractivity contribution in [3.8, 4) is 0 Å². The van der Waals surface area contributed by atoms with Crippen LogP contribution >= 0.6 is 11.6 Å². The van der Waals surface area contributed by atoms with E-state index in [1.54, 1.807) is 0 Å². The van der Waals surface area contributed by atoms with Gasteiger partial charge in [0, 0.05) is 5.03 Å². The normalized spacial score (nSPS) is 11.5. The molecule has 0 fully saturated rings. The first-order valence-corrected chi connectivity index (χ1v) is 6.67. The van der Waals surface area contributed by atoms with Gasteiger partial charge in [0.15, 0.2) is 0 Å². The number of allylic oxidation sites excluding steroid dienone is 1. The van der Waals surface area contributed by atoms with Crippen LogP contribution in [-0.2, 0) is 6.42 Å². The summed E-state index contributed by atoms with van der Waals surface area (Å²) >= 11 is 6.24. The Morgan fingerprint density at radius 2 is 1.50 bits per heavy atom.